The zero-order valence-corrected chi connectivity index (χ0v) is 66.4. The summed E-state index contributed by atoms with van der Waals surface area (Å²) in [7, 11) is 1.47. The Morgan fingerprint density at radius 3 is 1.34 bits per heavy atom. The van der Waals surface area contributed by atoms with Gasteiger partial charge in [-0.3, -0.25) is 67.1 Å². The molecule has 4 unspecified atom stereocenters. The molecule has 24 N–H and O–H groups in total. The smallest absolute Gasteiger partial charge is 0.327 e. The van der Waals surface area contributed by atoms with E-state index in [1.165, 1.54) is 19.1 Å². The Morgan fingerprint density at radius 2 is 0.881 bits per heavy atom. The number of carbonyl (C=O) groups excluding carboxylic acids is 14. The van der Waals surface area contributed by atoms with Gasteiger partial charge in [0.15, 0.2) is 0 Å². The zero-order valence-electron chi connectivity index (χ0n) is 64.8. The number of aromatic amines is 1. The van der Waals surface area contributed by atoms with E-state index in [2.05, 4.69) is 74.1 Å². The van der Waals surface area contributed by atoms with E-state index in [1.54, 1.807) is 121 Å². The molecule has 0 bridgehead atoms. The molecule has 14 amide bonds. The number of carbonyl (C=O) groups is 15. The van der Waals surface area contributed by atoms with Crippen molar-refractivity contribution in [1.29, 1.82) is 0 Å². The second kappa shape index (κ2) is 46.8. The van der Waals surface area contributed by atoms with E-state index in [-0.39, 0.29) is 57.1 Å². The first kappa shape index (κ1) is 93.3. The van der Waals surface area contributed by atoms with Crippen molar-refractivity contribution in [2.75, 3.05) is 31.2 Å². The Morgan fingerprint density at radius 1 is 0.483 bits per heavy atom. The van der Waals surface area contributed by atoms with Crippen LogP contribution in [0.25, 0.3) is 10.9 Å². The third kappa shape index (κ3) is 29.7. The Labute approximate surface area is 685 Å². The number of amides is 14. The number of unbranched alkanes of at least 4 members (excludes halogenated alkanes) is 1. The van der Waals surface area contributed by atoms with Crippen molar-refractivity contribution in [2.24, 2.45) is 17.2 Å². The second-order valence-electron chi connectivity index (χ2n) is 28.1. The van der Waals surface area contributed by atoms with Gasteiger partial charge in [0.1, 0.15) is 78.3 Å². The van der Waals surface area contributed by atoms with Crippen LogP contribution in [0.15, 0.2) is 146 Å². The maximum atomic E-state index is 15.5. The monoisotopic (exact) mass is 1670 g/mol. The average Bonchev–Trinajstić information content (AvgIpc) is 1.59. The molecule has 0 radical (unpaired) electrons. The fourth-order valence-electron chi connectivity index (χ4n) is 12.2. The summed E-state index contributed by atoms with van der Waals surface area (Å²) in [6, 6.07) is 13.4. The summed E-state index contributed by atoms with van der Waals surface area (Å²) in [5.74, 6) is -18.9. The molecule has 1 saturated heterocycles. The minimum Gasteiger partial charge on any atom is -0.480 e. The summed E-state index contributed by atoms with van der Waals surface area (Å²) in [6.45, 7) is 1.66. The molecule has 634 valence electrons. The van der Waals surface area contributed by atoms with E-state index < -0.39 is 223 Å². The maximum absolute atomic E-state index is 15.5. The normalized spacial score (nSPS) is 23.4. The van der Waals surface area contributed by atoms with E-state index in [4.69, 9.17) is 17.2 Å². The molecular weight excluding hydrogens is 1570 g/mol. The SMILES string of the molecule is C[C@H](N)C(=O)NCC(=O)NC1CSSC[C@@H](C(=O)O)NC(=O)C(CO)NC(=O)[C@H]([C@@H](C)O)NC(=O)[C@H](Cc2ccccc2)NC(=O)C([C@@H](C)O)NC(=O)[C@H](Cc2ccc(F)cc2)NC(=O)C(Cc2c[nH]c3ccccc23)NC(=O)[C@H](Cc2ccccc2)NC(=O)[C@H](Cc2ccccc2)NC(=O)[C@H](CC(N)=O)NC(=O)[C@H](CCCCN)NC1=O. The molecule has 39 heteroatoms. The average molecular weight is 1670 g/mol. The summed E-state index contributed by atoms with van der Waals surface area (Å²) < 4.78 is 14.6. The Bertz CT molecular complexity index is 4460. The molecule has 6 aromatic rings. The number of hydrogen-bond acceptors (Lipinski definition) is 22. The number of aliphatic hydroxyl groups is 3. The van der Waals surface area contributed by atoms with Gasteiger partial charge in [0.2, 0.25) is 82.7 Å². The zero-order chi connectivity index (χ0) is 86.1. The maximum Gasteiger partial charge on any atom is 0.327 e. The van der Waals surface area contributed by atoms with E-state index in [9.17, 15) is 77.6 Å². The standard InChI is InChI=1S/C79H100FN17O19S2/c1-42(82)67(103)85-38-64(102)86-61-40-117-118-41-62(79(115)116)95-75(111)60(39-98)94-78(114)66(44(3)100)97-74(110)57(33-47-21-11-6-12-22-47)93-77(113)65(43(2)99)96-73(109)56(34-48-26-28-50(80)29-27-48)90-71(107)58(35-49-37-84-52-24-14-13-23-51(49)52)91-70(106)55(32-46-19-9-5-10-20-46)88-69(105)54(31-45-17-7-4-8-18-45)89-72(108)59(36-63(83)101)92-68(104)53(87-76(61)112)25-15-16-30-81/h4-14,17-24,26-29,37,42-44,53-62,65-66,84,98-100H,15-16,25,30-36,38-41,81-82H2,1-3H3,(H2,83,101)(H,85,103)(H,86,102)(H,87,112)(H,88,105)(H,89,108)(H,90,107)(H,91,106)(H,92,104)(H,93,113)(H,94,114)(H,95,111)(H,96,109)(H,97,110)(H,115,116)/t42-,43+,44+,53-,54-,55-,56-,57-,58?,59-,60?,61?,62-,65?,66-/m0/s1. The predicted molar refractivity (Wildman–Crippen MR) is 432 cm³/mol. The number of aromatic nitrogens is 1. The van der Waals surface area contributed by atoms with Crippen LogP contribution in [0.5, 0.6) is 0 Å². The van der Waals surface area contributed by atoms with Gasteiger partial charge in [0.05, 0.1) is 37.8 Å². The number of primary amides is 1. The third-order valence-electron chi connectivity index (χ3n) is 18.7. The first-order valence-corrected chi connectivity index (χ1v) is 40.3. The first-order chi connectivity index (χ1) is 56.3. The molecule has 1 aliphatic heterocycles. The minimum absolute atomic E-state index is 0.0940. The summed E-state index contributed by atoms with van der Waals surface area (Å²) in [5.41, 5.74) is 19.8. The van der Waals surface area contributed by atoms with E-state index >= 15 is 19.2 Å². The molecule has 15 atom stereocenters. The molecule has 1 aliphatic rings. The van der Waals surface area contributed by atoms with Crippen LogP contribution < -0.4 is 86.3 Å². The minimum atomic E-state index is -2.02. The van der Waals surface area contributed by atoms with Crippen molar-refractivity contribution < 1.29 is 96.7 Å². The number of H-pyrrole nitrogens is 1. The molecule has 7 rings (SSSR count). The highest BCUT2D eigenvalue weighted by Crippen LogP contribution is 2.25. The fraction of sp³-hybridized carbons (Fsp3) is 0.405. The Balaban J connectivity index is 1.33. The van der Waals surface area contributed by atoms with Gasteiger partial charge in [-0.05, 0) is 92.6 Å². The van der Waals surface area contributed by atoms with Gasteiger partial charge < -0.3 is 112 Å². The van der Waals surface area contributed by atoms with Crippen LogP contribution in [-0.4, -0.2) is 236 Å². The number of nitrogens with two attached hydrogens (primary N) is 3. The Kier molecular flexibility index (Phi) is 37.0. The number of hydrogen-bond donors (Lipinski definition) is 21. The van der Waals surface area contributed by atoms with Gasteiger partial charge in [-0.1, -0.05) is 143 Å². The number of aliphatic carboxylic acids is 1. The number of carboxylic acid groups (broad SMARTS) is 1. The molecule has 118 heavy (non-hydrogen) atoms. The number of benzene rings is 5. The molecule has 1 aromatic heterocycles. The highest BCUT2D eigenvalue weighted by molar-refractivity contribution is 8.76. The summed E-state index contributed by atoms with van der Waals surface area (Å²) in [6.07, 6.45) is -4.60. The van der Waals surface area contributed by atoms with Gasteiger partial charge in [0.25, 0.3) is 0 Å². The molecule has 1 fully saturated rings. The lowest BCUT2D eigenvalue weighted by molar-refractivity contribution is -0.142. The van der Waals surface area contributed by atoms with Gasteiger partial charge in [-0.25, -0.2) is 9.18 Å². The van der Waals surface area contributed by atoms with Gasteiger partial charge >= 0.3 is 5.97 Å². The van der Waals surface area contributed by atoms with Crippen LogP contribution >= 0.6 is 21.6 Å². The van der Waals surface area contributed by atoms with Crippen LogP contribution in [-0.2, 0) is 104 Å². The molecular formula is C79H100FN17O19S2. The van der Waals surface area contributed by atoms with E-state index in [1.807, 2.05) is 0 Å². The van der Waals surface area contributed by atoms with E-state index in [0.717, 1.165) is 47.6 Å². The van der Waals surface area contributed by atoms with Crippen molar-refractivity contribution in [1.82, 2.24) is 74.1 Å². The molecule has 2 heterocycles. The Hall–Kier alpha value is -11.9. The van der Waals surface area contributed by atoms with Crippen molar-refractivity contribution in [3.8, 4) is 0 Å². The first-order valence-electron chi connectivity index (χ1n) is 37.8. The number of halogens is 1. The summed E-state index contributed by atoms with van der Waals surface area (Å²) in [4.78, 5) is 218. The predicted octanol–water partition coefficient (Wildman–Crippen LogP) is -3.66. The van der Waals surface area contributed by atoms with Gasteiger partial charge in [0, 0.05) is 60.7 Å². The number of nitrogens with one attached hydrogen (secondary N) is 14. The van der Waals surface area contributed by atoms with Gasteiger partial charge in [-0.15, -0.1) is 0 Å². The lowest BCUT2D eigenvalue weighted by Crippen LogP contribution is -2.63. The lowest BCUT2D eigenvalue weighted by atomic mass is 9.99. The number of fused-ring (bicyclic) bond motifs is 1. The molecule has 0 saturated carbocycles. The van der Waals surface area contributed by atoms with Crippen LogP contribution in [0.3, 0.4) is 0 Å². The largest absolute Gasteiger partial charge is 0.480 e. The molecule has 0 spiro atoms. The topological polar surface area (TPSA) is 587 Å². The summed E-state index contributed by atoms with van der Waals surface area (Å²) in [5, 5.41) is 76.0. The quantitative estimate of drug-likeness (QED) is 0.0205. The number of para-hydroxylation sites is 1. The lowest BCUT2D eigenvalue weighted by Gasteiger charge is -2.29. The molecule has 36 nitrogen and oxygen atoms in total. The number of aliphatic hydroxyl groups excluding tert-OH is 3. The van der Waals surface area contributed by atoms with E-state index in [0.29, 0.717) is 33.2 Å². The number of rotatable bonds is 24. The van der Waals surface area contributed by atoms with Crippen molar-refractivity contribution in [3.05, 3.63) is 179 Å². The fourth-order valence-corrected chi connectivity index (χ4v) is 14.6. The van der Waals surface area contributed by atoms with Crippen molar-refractivity contribution >= 4 is 121 Å². The van der Waals surface area contributed by atoms with Crippen molar-refractivity contribution in [2.45, 2.75) is 169 Å². The van der Waals surface area contributed by atoms with Crippen LogP contribution in [0.2, 0.25) is 0 Å². The van der Waals surface area contributed by atoms with Crippen molar-refractivity contribution in [3.63, 3.8) is 0 Å². The highest BCUT2D eigenvalue weighted by Gasteiger charge is 2.40. The molecule has 0 aliphatic carbocycles. The van der Waals surface area contributed by atoms with Crippen LogP contribution in [0.1, 0.15) is 74.3 Å². The molecule has 5 aromatic carbocycles. The number of carboxylic acids is 1. The van der Waals surface area contributed by atoms with Crippen LogP contribution in [0.4, 0.5) is 4.39 Å². The summed E-state index contributed by atoms with van der Waals surface area (Å²) >= 11 is 0. The van der Waals surface area contributed by atoms with Crippen LogP contribution in [0, 0.1) is 5.82 Å². The third-order valence-corrected chi connectivity index (χ3v) is 21.1. The highest BCUT2D eigenvalue weighted by atomic mass is 33.1. The second-order valence-corrected chi connectivity index (χ2v) is 30.7. The van der Waals surface area contributed by atoms with Gasteiger partial charge in [-0.2, -0.15) is 0 Å².